The third kappa shape index (κ3) is 6.62. The molecular weight excluding hydrogens is 398 g/mol. The van der Waals surface area contributed by atoms with Crippen LogP contribution in [0.15, 0.2) is 18.2 Å². The third-order valence-electron chi connectivity index (χ3n) is 5.49. The number of amides is 2. The standard InChI is InChI=1S/C23H35N3O5/c1-6-7-10-24-23(28)17(2)25-11-13-26(14-12-25)21(27)9-8-18-15-19(29-3)22(31-5)20(16-18)30-4/h8-9,15-17H,6-7,10-14H2,1-5H3,(H,24,28). The van der Waals surface area contributed by atoms with E-state index in [9.17, 15) is 9.59 Å². The molecule has 31 heavy (non-hydrogen) atoms. The molecule has 2 amide bonds. The number of methoxy groups -OCH3 is 3. The number of rotatable bonds is 10. The van der Waals surface area contributed by atoms with E-state index in [1.165, 1.54) is 0 Å². The van der Waals surface area contributed by atoms with Crippen LogP contribution in [0.1, 0.15) is 32.3 Å². The number of nitrogens with one attached hydrogen (secondary N) is 1. The van der Waals surface area contributed by atoms with Crippen molar-refractivity contribution in [2.24, 2.45) is 0 Å². The maximum absolute atomic E-state index is 12.6. The van der Waals surface area contributed by atoms with Crippen LogP contribution in [-0.4, -0.2) is 81.7 Å². The van der Waals surface area contributed by atoms with E-state index in [0.717, 1.165) is 18.4 Å². The molecule has 1 aliphatic heterocycles. The van der Waals surface area contributed by atoms with Crippen LogP contribution in [0.25, 0.3) is 6.08 Å². The van der Waals surface area contributed by atoms with Gasteiger partial charge < -0.3 is 24.4 Å². The zero-order valence-corrected chi connectivity index (χ0v) is 19.3. The van der Waals surface area contributed by atoms with Gasteiger partial charge in [-0.25, -0.2) is 0 Å². The number of unbranched alkanes of at least 4 members (excludes halogenated alkanes) is 1. The van der Waals surface area contributed by atoms with Crippen molar-refractivity contribution in [2.75, 3.05) is 54.1 Å². The molecule has 1 aliphatic rings. The predicted octanol–water partition coefficient (Wildman–Crippen LogP) is 2.17. The van der Waals surface area contributed by atoms with Gasteiger partial charge in [0.15, 0.2) is 11.5 Å². The lowest BCUT2D eigenvalue weighted by Crippen LogP contribution is -2.54. The first kappa shape index (κ1) is 24.5. The maximum atomic E-state index is 12.6. The Hall–Kier alpha value is -2.74. The molecule has 2 rings (SSSR count). The maximum Gasteiger partial charge on any atom is 0.246 e. The zero-order valence-electron chi connectivity index (χ0n) is 19.3. The van der Waals surface area contributed by atoms with Gasteiger partial charge in [-0.05, 0) is 37.1 Å². The zero-order chi connectivity index (χ0) is 22.8. The summed E-state index contributed by atoms with van der Waals surface area (Å²) in [5.41, 5.74) is 0.777. The molecule has 172 valence electrons. The van der Waals surface area contributed by atoms with Crippen LogP contribution >= 0.6 is 0 Å². The van der Waals surface area contributed by atoms with Gasteiger partial charge in [-0.15, -0.1) is 0 Å². The van der Waals surface area contributed by atoms with Crippen molar-refractivity contribution in [1.82, 2.24) is 15.1 Å². The summed E-state index contributed by atoms with van der Waals surface area (Å²) < 4.78 is 16.0. The summed E-state index contributed by atoms with van der Waals surface area (Å²) >= 11 is 0. The molecule has 1 heterocycles. The highest BCUT2D eigenvalue weighted by Crippen LogP contribution is 2.38. The lowest BCUT2D eigenvalue weighted by Gasteiger charge is -2.37. The fraction of sp³-hybridized carbons (Fsp3) is 0.565. The molecule has 0 radical (unpaired) electrons. The lowest BCUT2D eigenvalue weighted by molar-refractivity contribution is -0.130. The molecule has 1 fully saturated rings. The largest absolute Gasteiger partial charge is 0.493 e. The third-order valence-corrected chi connectivity index (χ3v) is 5.49. The Morgan fingerprint density at radius 2 is 1.68 bits per heavy atom. The van der Waals surface area contributed by atoms with Crippen LogP contribution in [0.2, 0.25) is 0 Å². The van der Waals surface area contributed by atoms with Crippen LogP contribution in [-0.2, 0) is 9.59 Å². The van der Waals surface area contributed by atoms with E-state index < -0.39 is 0 Å². The highest BCUT2D eigenvalue weighted by Gasteiger charge is 2.26. The van der Waals surface area contributed by atoms with Gasteiger partial charge in [-0.3, -0.25) is 14.5 Å². The predicted molar refractivity (Wildman–Crippen MR) is 121 cm³/mol. The van der Waals surface area contributed by atoms with E-state index in [1.54, 1.807) is 50.5 Å². The molecule has 1 aromatic rings. The van der Waals surface area contributed by atoms with Gasteiger partial charge in [0, 0.05) is 38.8 Å². The van der Waals surface area contributed by atoms with Crippen molar-refractivity contribution in [3.8, 4) is 17.2 Å². The molecule has 0 bridgehead atoms. The first-order valence-corrected chi connectivity index (χ1v) is 10.7. The Morgan fingerprint density at radius 3 is 2.19 bits per heavy atom. The van der Waals surface area contributed by atoms with E-state index in [2.05, 4.69) is 17.1 Å². The average Bonchev–Trinajstić information content (AvgIpc) is 2.81. The summed E-state index contributed by atoms with van der Waals surface area (Å²) in [4.78, 5) is 28.8. The van der Waals surface area contributed by atoms with E-state index in [-0.39, 0.29) is 17.9 Å². The number of benzene rings is 1. The van der Waals surface area contributed by atoms with Gasteiger partial charge in [0.05, 0.1) is 27.4 Å². The van der Waals surface area contributed by atoms with Gasteiger partial charge in [0.25, 0.3) is 0 Å². The van der Waals surface area contributed by atoms with Crippen LogP contribution in [0.5, 0.6) is 17.2 Å². The second-order valence-corrected chi connectivity index (χ2v) is 7.47. The fourth-order valence-electron chi connectivity index (χ4n) is 3.50. The van der Waals surface area contributed by atoms with Crippen molar-refractivity contribution in [1.29, 1.82) is 0 Å². The van der Waals surface area contributed by atoms with Crippen LogP contribution in [0.4, 0.5) is 0 Å². The second-order valence-electron chi connectivity index (χ2n) is 7.47. The molecule has 0 saturated carbocycles. The highest BCUT2D eigenvalue weighted by atomic mass is 16.5. The lowest BCUT2D eigenvalue weighted by atomic mass is 10.1. The van der Waals surface area contributed by atoms with Crippen LogP contribution in [0, 0.1) is 0 Å². The van der Waals surface area contributed by atoms with Crippen molar-refractivity contribution in [3.63, 3.8) is 0 Å². The molecule has 0 spiro atoms. The number of piperazine rings is 1. The Labute approximate surface area is 185 Å². The van der Waals surface area contributed by atoms with Gasteiger partial charge in [-0.1, -0.05) is 13.3 Å². The molecular formula is C23H35N3O5. The molecule has 0 aliphatic carbocycles. The number of hydrogen-bond donors (Lipinski definition) is 1. The summed E-state index contributed by atoms with van der Waals surface area (Å²) in [7, 11) is 4.66. The van der Waals surface area contributed by atoms with Gasteiger partial charge in [-0.2, -0.15) is 0 Å². The average molecular weight is 434 g/mol. The Morgan fingerprint density at radius 1 is 1.06 bits per heavy atom. The Bertz CT molecular complexity index is 747. The quantitative estimate of drug-likeness (QED) is 0.450. The Kier molecular flexibility index (Phi) is 9.65. The molecule has 8 heteroatoms. The van der Waals surface area contributed by atoms with Gasteiger partial charge >= 0.3 is 0 Å². The number of carbonyl (C=O) groups excluding carboxylic acids is 2. The molecule has 1 atom stereocenters. The SMILES string of the molecule is CCCCNC(=O)C(C)N1CCN(C(=O)C=Cc2cc(OC)c(OC)c(OC)c2)CC1. The number of ether oxygens (including phenoxy) is 3. The molecule has 1 saturated heterocycles. The number of carbonyl (C=O) groups is 2. The minimum atomic E-state index is -0.191. The first-order valence-electron chi connectivity index (χ1n) is 10.7. The van der Waals surface area contributed by atoms with E-state index in [1.807, 2.05) is 6.92 Å². The van der Waals surface area contributed by atoms with E-state index in [0.29, 0.717) is 50.0 Å². The van der Waals surface area contributed by atoms with Crippen molar-refractivity contribution in [3.05, 3.63) is 23.8 Å². The number of hydrogen-bond acceptors (Lipinski definition) is 6. The molecule has 8 nitrogen and oxygen atoms in total. The molecule has 1 aromatic carbocycles. The topological polar surface area (TPSA) is 80.3 Å². The van der Waals surface area contributed by atoms with Crippen molar-refractivity contribution in [2.45, 2.75) is 32.7 Å². The fourth-order valence-corrected chi connectivity index (χ4v) is 3.50. The number of nitrogens with zero attached hydrogens (tertiary/aromatic N) is 2. The van der Waals surface area contributed by atoms with Crippen LogP contribution < -0.4 is 19.5 Å². The normalized spacial score (nSPS) is 15.6. The first-order chi connectivity index (χ1) is 14.9. The summed E-state index contributed by atoms with van der Waals surface area (Å²) in [5, 5.41) is 2.98. The van der Waals surface area contributed by atoms with E-state index >= 15 is 0 Å². The summed E-state index contributed by atoms with van der Waals surface area (Å²) in [5.74, 6) is 1.57. The Balaban J connectivity index is 1.93. The summed E-state index contributed by atoms with van der Waals surface area (Å²) in [6.45, 7) is 7.25. The molecule has 0 aromatic heterocycles. The van der Waals surface area contributed by atoms with Crippen molar-refractivity contribution >= 4 is 17.9 Å². The van der Waals surface area contributed by atoms with E-state index in [4.69, 9.17) is 14.2 Å². The minimum Gasteiger partial charge on any atom is -0.493 e. The monoisotopic (exact) mass is 433 g/mol. The second kappa shape index (κ2) is 12.2. The summed E-state index contributed by atoms with van der Waals surface area (Å²) in [6, 6.07) is 3.40. The molecule has 1 unspecified atom stereocenters. The minimum absolute atomic E-state index is 0.0514. The molecule has 1 N–H and O–H groups in total. The highest BCUT2D eigenvalue weighted by molar-refractivity contribution is 5.92. The summed E-state index contributed by atoms with van der Waals surface area (Å²) in [6.07, 6.45) is 5.33. The van der Waals surface area contributed by atoms with Gasteiger partial charge in [0.1, 0.15) is 0 Å². The van der Waals surface area contributed by atoms with Crippen molar-refractivity contribution < 1.29 is 23.8 Å². The smallest absolute Gasteiger partial charge is 0.246 e. The van der Waals surface area contributed by atoms with Gasteiger partial charge in [0.2, 0.25) is 17.6 Å². The van der Waals surface area contributed by atoms with Crippen LogP contribution in [0.3, 0.4) is 0 Å².